The van der Waals surface area contributed by atoms with Crippen molar-refractivity contribution >= 4 is 15.8 Å². The molecule has 0 bridgehead atoms. The molecule has 1 heterocycles. The van der Waals surface area contributed by atoms with Crippen LogP contribution in [0.3, 0.4) is 0 Å². The second-order valence-corrected chi connectivity index (χ2v) is 10.8. The quantitative estimate of drug-likeness (QED) is 0.440. The Bertz CT molecular complexity index is 1220. The van der Waals surface area contributed by atoms with E-state index in [1.807, 2.05) is 25.1 Å². The van der Waals surface area contributed by atoms with E-state index in [1.165, 1.54) is 4.31 Å². The summed E-state index contributed by atoms with van der Waals surface area (Å²) < 4.78 is 32.9. The highest BCUT2D eigenvalue weighted by Gasteiger charge is 2.31. The van der Waals surface area contributed by atoms with Gasteiger partial charge < -0.3 is 14.7 Å². The van der Waals surface area contributed by atoms with E-state index in [2.05, 4.69) is 0 Å². The molecule has 3 aromatic carbocycles. The fraction of sp³-hybridized carbons (Fsp3) is 0.296. The summed E-state index contributed by atoms with van der Waals surface area (Å²) in [7, 11) is -3.50. The molecule has 184 valence electrons. The Morgan fingerprint density at radius 3 is 2.17 bits per heavy atom. The van der Waals surface area contributed by atoms with Crippen LogP contribution in [0.25, 0.3) is 0 Å². The molecule has 0 spiro atoms. The molecule has 8 heteroatoms. The second-order valence-electron chi connectivity index (χ2n) is 8.86. The highest BCUT2D eigenvalue weighted by atomic mass is 32.2. The maximum Gasteiger partial charge on any atom is 0.243 e. The van der Waals surface area contributed by atoms with Crippen molar-refractivity contribution < 1.29 is 28.0 Å². The van der Waals surface area contributed by atoms with Crippen LogP contribution in [-0.2, 0) is 10.0 Å². The van der Waals surface area contributed by atoms with Crippen molar-refractivity contribution in [3.63, 3.8) is 0 Å². The minimum atomic E-state index is -3.50. The van der Waals surface area contributed by atoms with E-state index in [0.29, 0.717) is 54.5 Å². The van der Waals surface area contributed by atoms with Gasteiger partial charge >= 0.3 is 0 Å². The Morgan fingerprint density at radius 1 is 0.943 bits per heavy atom. The molecule has 0 saturated carbocycles. The number of aliphatic hydroxyl groups is 1. The molecular formula is C27H31N2O5S+. The van der Waals surface area contributed by atoms with Crippen LogP contribution >= 0.6 is 0 Å². The molecule has 1 aliphatic rings. The predicted octanol–water partition coefficient (Wildman–Crippen LogP) is 1.56. The van der Waals surface area contributed by atoms with Gasteiger partial charge in [0.05, 0.1) is 31.1 Å². The maximum atomic E-state index is 12.9. The molecule has 2 N–H and O–H groups in total. The van der Waals surface area contributed by atoms with Crippen molar-refractivity contribution in [1.82, 2.24) is 4.31 Å². The highest BCUT2D eigenvalue weighted by molar-refractivity contribution is 7.89. The first kappa shape index (κ1) is 25.1. The molecule has 1 aliphatic heterocycles. The van der Waals surface area contributed by atoms with E-state index in [1.54, 1.807) is 60.7 Å². The largest absolute Gasteiger partial charge is 0.491 e. The van der Waals surface area contributed by atoms with Crippen molar-refractivity contribution in [1.29, 1.82) is 0 Å². The molecule has 0 radical (unpaired) electrons. The number of aryl methyl sites for hydroxylation is 1. The van der Waals surface area contributed by atoms with Crippen molar-refractivity contribution in [2.45, 2.75) is 17.9 Å². The molecule has 4 rings (SSSR count). The summed E-state index contributed by atoms with van der Waals surface area (Å²) in [6.07, 6.45) is -0.684. The summed E-state index contributed by atoms with van der Waals surface area (Å²) >= 11 is 0. The van der Waals surface area contributed by atoms with Gasteiger partial charge in [-0.25, -0.2) is 8.42 Å². The molecule has 1 atom stereocenters. The lowest BCUT2D eigenvalue weighted by Crippen LogP contribution is -3.15. The number of quaternary nitrogens is 1. The lowest BCUT2D eigenvalue weighted by atomic mass is 10.0. The number of aliphatic hydroxyl groups excluding tert-OH is 1. The summed E-state index contributed by atoms with van der Waals surface area (Å²) in [5.41, 5.74) is 2.23. The summed E-state index contributed by atoms with van der Waals surface area (Å²) in [5.74, 6) is 0.530. The number of hydrogen-bond donors (Lipinski definition) is 2. The smallest absolute Gasteiger partial charge is 0.243 e. The Hall–Kier alpha value is -3.04. The van der Waals surface area contributed by atoms with Gasteiger partial charge in [-0.2, -0.15) is 4.31 Å². The zero-order valence-electron chi connectivity index (χ0n) is 19.8. The Morgan fingerprint density at radius 2 is 1.54 bits per heavy atom. The first-order chi connectivity index (χ1) is 16.8. The van der Waals surface area contributed by atoms with Gasteiger partial charge in [-0.15, -0.1) is 0 Å². The minimum Gasteiger partial charge on any atom is -0.491 e. The van der Waals surface area contributed by atoms with Crippen molar-refractivity contribution in [2.75, 3.05) is 39.3 Å². The standard InChI is InChI=1S/C27H30N2O5S/c1-21-7-13-26(14-8-21)35(32,33)29-17-15-28(16-18-29)19-24(30)20-34-25-11-9-23(10-12-25)27(31)22-5-3-2-4-6-22/h2-14,24,30H,15-20H2,1H3/p+1. The van der Waals surface area contributed by atoms with E-state index in [-0.39, 0.29) is 12.4 Å². The molecule has 35 heavy (non-hydrogen) atoms. The third kappa shape index (κ3) is 6.35. The fourth-order valence-corrected chi connectivity index (χ4v) is 5.59. The van der Waals surface area contributed by atoms with Gasteiger partial charge in [-0.3, -0.25) is 4.79 Å². The second kappa shape index (κ2) is 11.1. The van der Waals surface area contributed by atoms with Crippen LogP contribution in [0.15, 0.2) is 83.8 Å². The van der Waals surface area contributed by atoms with Crippen molar-refractivity contribution in [3.05, 3.63) is 95.6 Å². The number of benzene rings is 3. The number of ether oxygens (including phenoxy) is 1. The first-order valence-electron chi connectivity index (χ1n) is 11.7. The number of rotatable bonds is 9. The predicted molar refractivity (Wildman–Crippen MR) is 133 cm³/mol. The van der Waals surface area contributed by atoms with Crippen LogP contribution in [0.2, 0.25) is 0 Å². The zero-order chi connectivity index (χ0) is 24.8. The Kier molecular flexibility index (Phi) is 7.97. The third-order valence-electron chi connectivity index (χ3n) is 6.21. The van der Waals surface area contributed by atoms with Gasteiger partial charge in [-0.1, -0.05) is 48.0 Å². The number of piperazine rings is 1. The number of carbonyl (C=O) groups is 1. The number of sulfonamides is 1. The van der Waals surface area contributed by atoms with Crippen LogP contribution in [0, 0.1) is 6.92 Å². The summed E-state index contributed by atoms with van der Waals surface area (Å²) in [6.45, 7) is 4.60. The topological polar surface area (TPSA) is 88.3 Å². The SMILES string of the molecule is Cc1ccc(S(=O)(=O)N2CC[NH+](CC(O)COc3ccc(C(=O)c4ccccc4)cc3)CC2)cc1. The summed E-state index contributed by atoms with van der Waals surface area (Å²) in [4.78, 5) is 14.0. The van der Waals surface area contributed by atoms with E-state index in [9.17, 15) is 18.3 Å². The van der Waals surface area contributed by atoms with Gasteiger partial charge in [0.2, 0.25) is 10.0 Å². The molecule has 7 nitrogen and oxygen atoms in total. The minimum absolute atomic E-state index is 0.0516. The normalized spacial score (nSPS) is 16.1. The van der Waals surface area contributed by atoms with E-state index in [4.69, 9.17) is 4.74 Å². The van der Waals surface area contributed by atoms with Gasteiger partial charge in [0.25, 0.3) is 0 Å². The summed E-state index contributed by atoms with van der Waals surface area (Å²) in [6, 6.07) is 22.9. The number of nitrogens with zero attached hydrogens (tertiary/aromatic N) is 1. The average Bonchev–Trinajstić information content (AvgIpc) is 2.88. The van der Waals surface area contributed by atoms with Gasteiger partial charge in [0.1, 0.15) is 25.0 Å². The van der Waals surface area contributed by atoms with Gasteiger partial charge in [0, 0.05) is 11.1 Å². The molecular weight excluding hydrogens is 464 g/mol. The van der Waals surface area contributed by atoms with E-state index in [0.717, 1.165) is 10.5 Å². The molecule has 1 saturated heterocycles. The molecule has 1 unspecified atom stereocenters. The van der Waals surface area contributed by atoms with E-state index < -0.39 is 16.1 Å². The molecule has 1 fully saturated rings. The number of carbonyl (C=O) groups excluding carboxylic acids is 1. The molecule has 3 aromatic rings. The van der Waals surface area contributed by atoms with Crippen molar-refractivity contribution in [2.24, 2.45) is 0 Å². The first-order valence-corrected chi connectivity index (χ1v) is 13.2. The third-order valence-corrected chi connectivity index (χ3v) is 8.12. The Labute approximate surface area is 206 Å². The lowest BCUT2D eigenvalue weighted by molar-refractivity contribution is -0.906. The zero-order valence-corrected chi connectivity index (χ0v) is 20.6. The molecule has 0 amide bonds. The lowest BCUT2D eigenvalue weighted by Gasteiger charge is -2.32. The number of nitrogens with one attached hydrogen (secondary N) is 1. The summed E-state index contributed by atoms with van der Waals surface area (Å²) in [5, 5.41) is 10.5. The van der Waals surface area contributed by atoms with Crippen LogP contribution in [0.5, 0.6) is 5.75 Å². The maximum absolute atomic E-state index is 12.9. The molecule has 0 aromatic heterocycles. The monoisotopic (exact) mass is 495 g/mol. The van der Waals surface area contributed by atoms with E-state index >= 15 is 0 Å². The Balaban J connectivity index is 1.23. The van der Waals surface area contributed by atoms with Crippen LogP contribution in [0.4, 0.5) is 0 Å². The molecule has 0 aliphatic carbocycles. The number of hydrogen-bond acceptors (Lipinski definition) is 5. The van der Waals surface area contributed by atoms with Gasteiger partial charge in [0.15, 0.2) is 5.78 Å². The highest BCUT2D eigenvalue weighted by Crippen LogP contribution is 2.17. The van der Waals surface area contributed by atoms with Crippen LogP contribution < -0.4 is 9.64 Å². The van der Waals surface area contributed by atoms with Crippen molar-refractivity contribution in [3.8, 4) is 5.75 Å². The number of ketones is 1. The van der Waals surface area contributed by atoms with Crippen LogP contribution in [0.1, 0.15) is 21.5 Å². The van der Waals surface area contributed by atoms with Crippen LogP contribution in [-0.4, -0.2) is 69.0 Å². The average molecular weight is 496 g/mol. The van der Waals surface area contributed by atoms with Gasteiger partial charge in [-0.05, 0) is 43.3 Å². The fourth-order valence-electron chi connectivity index (χ4n) is 4.15.